The SMILES string of the molecule is O=C(NCCOc1ccc(C(=S)NO)cc1)c1ccccc1-c1ccccc1. The van der Waals surface area contributed by atoms with Gasteiger partial charge in [0.1, 0.15) is 17.3 Å². The van der Waals surface area contributed by atoms with Crippen LogP contribution in [0.2, 0.25) is 0 Å². The molecule has 5 nitrogen and oxygen atoms in total. The Hall–Kier alpha value is -3.22. The fraction of sp³-hybridized carbons (Fsp3) is 0.0909. The number of carbonyl (C=O) groups is 1. The fourth-order valence-corrected chi connectivity index (χ4v) is 2.88. The molecule has 3 aromatic carbocycles. The third-order valence-corrected chi connectivity index (χ3v) is 4.46. The number of hydrogen-bond donors (Lipinski definition) is 3. The Morgan fingerprint density at radius 2 is 1.61 bits per heavy atom. The molecule has 6 heteroatoms. The number of benzene rings is 3. The average Bonchev–Trinajstić information content (AvgIpc) is 2.77. The van der Waals surface area contributed by atoms with Crippen LogP contribution in [-0.2, 0) is 0 Å². The summed E-state index contributed by atoms with van der Waals surface area (Å²) in [5.74, 6) is 0.515. The van der Waals surface area contributed by atoms with Crippen LogP contribution in [0.1, 0.15) is 15.9 Å². The predicted octanol–water partition coefficient (Wildman–Crippen LogP) is 3.82. The quantitative estimate of drug-likeness (QED) is 0.324. The van der Waals surface area contributed by atoms with Crippen LogP contribution in [0.25, 0.3) is 11.1 Å². The first kappa shape index (κ1) is 19.5. The van der Waals surface area contributed by atoms with Crippen LogP contribution in [0.4, 0.5) is 0 Å². The molecule has 0 heterocycles. The summed E-state index contributed by atoms with van der Waals surface area (Å²) in [5.41, 5.74) is 5.15. The molecule has 0 spiro atoms. The Balaban J connectivity index is 1.55. The molecule has 3 N–H and O–H groups in total. The molecule has 0 saturated carbocycles. The van der Waals surface area contributed by atoms with E-state index < -0.39 is 0 Å². The third-order valence-electron chi connectivity index (χ3n) is 4.13. The summed E-state index contributed by atoms with van der Waals surface area (Å²) in [6, 6.07) is 24.3. The van der Waals surface area contributed by atoms with E-state index in [9.17, 15) is 4.79 Å². The molecule has 28 heavy (non-hydrogen) atoms. The maximum atomic E-state index is 12.6. The van der Waals surface area contributed by atoms with E-state index in [-0.39, 0.29) is 10.9 Å². The molecular formula is C22H20N2O3S. The zero-order valence-corrected chi connectivity index (χ0v) is 15.9. The van der Waals surface area contributed by atoms with Crippen molar-refractivity contribution in [2.45, 2.75) is 0 Å². The lowest BCUT2D eigenvalue weighted by atomic mass is 9.99. The van der Waals surface area contributed by atoms with E-state index in [1.807, 2.05) is 60.1 Å². The van der Waals surface area contributed by atoms with E-state index in [0.717, 1.165) is 11.1 Å². The second-order valence-electron chi connectivity index (χ2n) is 5.98. The lowest BCUT2D eigenvalue weighted by Crippen LogP contribution is -2.28. The monoisotopic (exact) mass is 392 g/mol. The normalized spacial score (nSPS) is 10.2. The molecule has 1 amide bonds. The first-order valence-electron chi connectivity index (χ1n) is 8.79. The van der Waals surface area contributed by atoms with Crippen LogP contribution in [0.3, 0.4) is 0 Å². The van der Waals surface area contributed by atoms with Gasteiger partial charge < -0.3 is 10.1 Å². The van der Waals surface area contributed by atoms with Crippen LogP contribution in [0.5, 0.6) is 5.75 Å². The zero-order chi connectivity index (χ0) is 19.8. The first-order valence-corrected chi connectivity index (χ1v) is 9.20. The van der Waals surface area contributed by atoms with Gasteiger partial charge in [-0.15, -0.1) is 0 Å². The van der Waals surface area contributed by atoms with Crippen molar-refractivity contribution in [1.82, 2.24) is 10.8 Å². The molecule has 0 aliphatic carbocycles. The second-order valence-corrected chi connectivity index (χ2v) is 6.39. The number of nitrogens with one attached hydrogen (secondary N) is 2. The van der Waals surface area contributed by atoms with Crippen molar-refractivity contribution in [2.75, 3.05) is 13.2 Å². The van der Waals surface area contributed by atoms with Gasteiger partial charge in [-0.1, -0.05) is 60.7 Å². The van der Waals surface area contributed by atoms with Crippen LogP contribution < -0.4 is 15.5 Å². The molecule has 142 valence electrons. The van der Waals surface area contributed by atoms with Crippen LogP contribution >= 0.6 is 12.2 Å². The van der Waals surface area contributed by atoms with Crippen molar-refractivity contribution >= 4 is 23.1 Å². The molecule has 0 fully saturated rings. The van der Waals surface area contributed by atoms with E-state index in [1.54, 1.807) is 24.3 Å². The van der Waals surface area contributed by atoms with E-state index in [4.69, 9.17) is 22.2 Å². The van der Waals surface area contributed by atoms with Gasteiger partial charge >= 0.3 is 0 Å². The number of hydrogen-bond acceptors (Lipinski definition) is 4. The molecule has 0 atom stereocenters. The predicted molar refractivity (Wildman–Crippen MR) is 113 cm³/mol. The summed E-state index contributed by atoms with van der Waals surface area (Å²) in [4.78, 5) is 12.8. The number of amides is 1. The highest BCUT2D eigenvalue weighted by atomic mass is 32.1. The number of rotatable bonds is 7. The van der Waals surface area contributed by atoms with Gasteiger partial charge in [-0.25, -0.2) is 0 Å². The van der Waals surface area contributed by atoms with Gasteiger partial charge in [0.05, 0.1) is 6.54 Å². The van der Waals surface area contributed by atoms with Crippen LogP contribution in [0, 0.1) is 0 Å². The van der Waals surface area contributed by atoms with Crippen molar-refractivity contribution in [3.05, 3.63) is 90.0 Å². The number of ether oxygens (including phenoxy) is 1. The summed E-state index contributed by atoms with van der Waals surface area (Å²) in [7, 11) is 0. The topological polar surface area (TPSA) is 70.6 Å². The maximum absolute atomic E-state index is 12.6. The van der Waals surface area contributed by atoms with Gasteiger partial charge in [-0.2, -0.15) is 0 Å². The van der Waals surface area contributed by atoms with Crippen molar-refractivity contribution < 1.29 is 14.7 Å². The van der Waals surface area contributed by atoms with E-state index >= 15 is 0 Å². The molecule has 0 bridgehead atoms. The maximum Gasteiger partial charge on any atom is 0.252 e. The molecular weight excluding hydrogens is 372 g/mol. The Labute approximate surface area is 168 Å². The average molecular weight is 392 g/mol. The first-order chi connectivity index (χ1) is 13.7. The van der Waals surface area contributed by atoms with Crippen molar-refractivity contribution in [1.29, 1.82) is 0 Å². The Morgan fingerprint density at radius 3 is 2.32 bits per heavy atom. The van der Waals surface area contributed by atoms with Gasteiger partial charge in [0, 0.05) is 11.1 Å². The van der Waals surface area contributed by atoms with Gasteiger partial charge in [0.15, 0.2) is 0 Å². The largest absolute Gasteiger partial charge is 0.492 e. The summed E-state index contributed by atoms with van der Waals surface area (Å²) in [6.07, 6.45) is 0. The minimum Gasteiger partial charge on any atom is -0.492 e. The highest BCUT2D eigenvalue weighted by Crippen LogP contribution is 2.23. The van der Waals surface area contributed by atoms with Gasteiger partial charge in [0.25, 0.3) is 5.91 Å². The molecule has 3 aromatic rings. The molecule has 0 aliphatic rings. The highest BCUT2D eigenvalue weighted by Gasteiger charge is 2.11. The molecule has 0 radical (unpaired) electrons. The van der Waals surface area contributed by atoms with E-state index in [0.29, 0.717) is 30.0 Å². The molecule has 0 aromatic heterocycles. The Bertz CT molecular complexity index is 944. The minimum absolute atomic E-state index is 0.141. The summed E-state index contributed by atoms with van der Waals surface area (Å²) in [6.45, 7) is 0.710. The standard InChI is InChI=1S/C22H20N2O3S/c25-21(20-9-5-4-8-19(20)16-6-2-1-3-7-16)23-14-15-27-18-12-10-17(11-13-18)22(28)24-26/h1-13,26H,14-15H2,(H,23,25)(H,24,28). The van der Waals surface area contributed by atoms with Crippen molar-refractivity contribution in [3.8, 4) is 16.9 Å². The minimum atomic E-state index is -0.141. The zero-order valence-electron chi connectivity index (χ0n) is 15.1. The van der Waals surface area contributed by atoms with Gasteiger partial charge in [-0.05, 0) is 41.5 Å². The molecule has 0 unspecified atom stereocenters. The fourth-order valence-electron chi connectivity index (χ4n) is 2.75. The highest BCUT2D eigenvalue weighted by molar-refractivity contribution is 7.80. The number of hydroxylamine groups is 1. The van der Waals surface area contributed by atoms with Gasteiger partial charge in [0.2, 0.25) is 0 Å². The summed E-state index contributed by atoms with van der Waals surface area (Å²) >= 11 is 4.94. The van der Waals surface area contributed by atoms with E-state index in [1.165, 1.54) is 0 Å². The summed E-state index contributed by atoms with van der Waals surface area (Å²) < 4.78 is 5.63. The smallest absolute Gasteiger partial charge is 0.252 e. The molecule has 3 rings (SSSR count). The van der Waals surface area contributed by atoms with Gasteiger partial charge in [-0.3, -0.25) is 15.5 Å². The second kappa shape index (κ2) is 9.64. The third kappa shape index (κ3) is 4.94. The van der Waals surface area contributed by atoms with Crippen LogP contribution in [-0.4, -0.2) is 29.3 Å². The lowest BCUT2D eigenvalue weighted by Gasteiger charge is -2.11. The Kier molecular flexibility index (Phi) is 6.73. The lowest BCUT2D eigenvalue weighted by molar-refractivity contribution is 0.0947. The van der Waals surface area contributed by atoms with Crippen molar-refractivity contribution in [2.24, 2.45) is 0 Å². The molecule has 0 saturated heterocycles. The summed E-state index contributed by atoms with van der Waals surface area (Å²) in [5, 5.41) is 11.7. The van der Waals surface area contributed by atoms with Crippen LogP contribution in [0.15, 0.2) is 78.9 Å². The Morgan fingerprint density at radius 1 is 0.929 bits per heavy atom. The van der Waals surface area contributed by atoms with Crippen molar-refractivity contribution in [3.63, 3.8) is 0 Å². The number of carbonyl (C=O) groups excluding carboxylic acids is 1. The molecule has 0 aliphatic heterocycles. The van der Waals surface area contributed by atoms with E-state index in [2.05, 4.69) is 5.32 Å². The number of thiocarbonyl (C=S) groups is 1.